The van der Waals surface area contributed by atoms with Crippen LogP contribution in [0.2, 0.25) is 0 Å². The molecule has 8 heteroatoms. The SMILES string of the molecule is CN(C)c1cccc2c(S(=O)(=O)S(=O)(=O)c3cccc4c(N(C)C)cccc34)cccc12. The van der Waals surface area contributed by atoms with Crippen LogP contribution in [0.5, 0.6) is 0 Å². The van der Waals surface area contributed by atoms with E-state index >= 15 is 0 Å². The van der Waals surface area contributed by atoms with E-state index in [0.717, 1.165) is 11.4 Å². The maximum absolute atomic E-state index is 13.6. The summed E-state index contributed by atoms with van der Waals surface area (Å²) in [6, 6.07) is 19.9. The standard InChI is InChI=1S/C24H24N2O4S2/c1-25(2)21-13-5-11-19-17(21)9-7-15-23(19)31(27,28)32(29,30)24-16-8-10-18-20(24)12-6-14-22(18)26(3)4/h5-16H,1-4H3. The highest BCUT2D eigenvalue weighted by atomic mass is 33.2. The van der Waals surface area contributed by atoms with Crippen LogP contribution in [0.15, 0.2) is 82.6 Å². The largest absolute Gasteiger partial charge is 0.377 e. The van der Waals surface area contributed by atoms with Crippen molar-refractivity contribution in [2.45, 2.75) is 9.79 Å². The van der Waals surface area contributed by atoms with Crippen LogP contribution in [0.25, 0.3) is 21.5 Å². The fourth-order valence-corrected chi connectivity index (χ4v) is 8.13. The summed E-state index contributed by atoms with van der Waals surface area (Å²) in [5, 5.41) is 2.08. The van der Waals surface area contributed by atoms with E-state index in [1.807, 2.05) is 50.1 Å². The lowest BCUT2D eigenvalue weighted by molar-refractivity contribution is 0.583. The van der Waals surface area contributed by atoms with Crippen LogP contribution in [-0.4, -0.2) is 45.0 Å². The molecule has 0 aliphatic rings. The van der Waals surface area contributed by atoms with E-state index in [1.165, 1.54) is 12.1 Å². The van der Waals surface area contributed by atoms with Gasteiger partial charge in [0.2, 0.25) is 0 Å². The van der Waals surface area contributed by atoms with Crippen LogP contribution in [0.4, 0.5) is 11.4 Å². The van der Waals surface area contributed by atoms with Crippen molar-refractivity contribution < 1.29 is 16.8 Å². The molecule has 0 radical (unpaired) electrons. The van der Waals surface area contributed by atoms with Gasteiger partial charge in [0.05, 0.1) is 9.79 Å². The highest BCUT2D eigenvalue weighted by molar-refractivity contribution is 8.67. The Labute approximate surface area is 187 Å². The van der Waals surface area contributed by atoms with Gasteiger partial charge in [0.1, 0.15) is 0 Å². The van der Waals surface area contributed by atoms with Crippen molar-refractivity contribution in [3.63, 3.8) is 0 Å². The van der Waals surface area contributed by atoms with E-state index in [9.17, 15) is 16.8 Å². The second-order valence-electron chi connectivity index (χ2n) is 7.95. The number of hydrogen-bond donors (Lipinski definition) is 0. The average Bonchev–Trinajstić information content (AvgIpc) is 2.76. The van der Waals surface area contributed by atoms with Gasteiger partial charge in [-0.2, -0.15) is 0 Å². The first-order chi connectivity index (χ1) is 15.1. The number of benzene rings is 4. The van der Waals surface area contributed by atoms with Crippen LogP contribution in [0, 0.1) is 0 Å². The summed E-state index contributed by atoms with van der Waals surface area (Å²) in [7, 11) is -2.08. The third kappa shape index (κ3) is 3.30. The molecule has 4 rings (SSSR count). The number of rotatable bonds is 5. The van der Waals surface area contributed by atoms with Crippen molar-refractivity contribution in [2.75, 3.05) is 38.0 Å². The van der Waals surface area contributed by atoms with Crippen LogP contribution in [0.3, 0.4) is 0 Å². The Kier molecular flexibility index (Phi) is 5.38. The Morgan fingerprint density at radius 1 is 0.469 bits per heavy atom. The number of nitrogens with zero attached hydrogens (tertiary/aromatic N) is 2. The predicted molar refractivity (Wildman–Crippen MR) is 131 cm³/mol. The normalized spacial score (nSPS) is 12.2. The van der Waals surface area contributed by atoms with Crippen molar-refractivity contribution in [2.24, 2.45) is 0 Å². The minimum Gasteiger partial charge on any atom is -0.377 e. The molecular weight excluding hydrogens is 444 g/mol. The summed E-state index contributed by atoms with van der Waals surface area (Å²) in [5.41, 5.74) is 1.61. The zero-order valence-electron chi connectivity index (χ0n) is 18.3. The van der Waals surface area contributed by atoms with Crippen LogP contribution in [0.1, 0.15) is 0 Å². The van der Waals surface area contributed by atoms with E-state index in [-0.39, 0.29) is 9.79 Å². The van der Waals surface area contributed by atoms with Gasteiger partial charge in [-0.3, -0.25) is 0 Å². The van der Waals surface area contributed by atoms with Gasteiger partial charge in [-0.1, -0.05) is 48.5 Å². The number of fused-ring (bicyclic) bond motifs is 2. The summed E-state index contributed by atoms with van der Waals surface area (Å²) in [6.07, 6.45) is 0. The number of hydrogen-bond acceptors (Lipinski definition) is 6. The smallest absolute Gasteiger partial charge is 0.287 e. The van der Waals surface area contributed by atoms with Gasteiger partial charge < -0.3 is 9.80 Å². The molecule has 0 saturated carbocycles. The molecule has 0 fully saturated rings. The molecule has 0 atom stereocenters. The van der Waals surface area contributed by atoms with E-state index < -0.39 is 17.7 Å². The van der Waals surface area contributed by atoms with Crippen LogP contribution in [-0.2, 0) is 17.7 Å². The Balaban J connectivity index is 2.01. The van der Waals surface area contributed by atoms with Crippen LogP contribution < -0.4 is 9.80 Å². The van der Waals surface area contributed by atoms with E-state index in [2.05, 4.69) is 0 Å². The van der Waals surface area contributed by atoms with E-state index in [1.54, 1.807) is 48.5 Å². The maximum atomic E-state index is 13.6. The molecule has 0 amide bonds. The van der Waals surface area contributed by atoms with Gasteiger partial charge in [-0.05, 0) is 24.3 Å². The van der Waals surface area contributed by atoms with Crippen molar-refractivity contribution in [3.8, 4) is 0 Å². The second kappa shape index (κ2) is 7.79. The summed E-state index contributed by atoms with van der Waals surface area (Å²) in [5.74, 6) is 0. The van der Waals surface area contributed by atoms with E-state index in [4.69, 9.17) is 0 Å². The Morgan fingerprint density at radius 2 is 0.781 bits per heavy atom. The molecule has 0 bridgehead atoms. The molecule has 4 aromatic rings. The van der Waals surface area contributed by atoms with E-state index in [0.29, 0.717) is 21.5 Å². The Bertz CT molecular complexity index is 1440. The highest BCUT2D eigenvalue weighted by Gasteiger charge is 2.36. The minimum atomic E-state index is -4.75. The lowest BCUT2D eigenvalue weighted by atomic mass is 10.1. The fourth-order valence-electron chi connectivity index (χ4n) is 3.98. The van der Waals surface area contributed by atoms with Gasteiger partial charge in [-0.15, -0.1) is 0 Å². The number of anilines is 2. The summed E-state index contributed by atoms with van der Waals surface area (Å²) < 4.78 is 54.4. The first-order valence-electron chi connectivity index (χ1n) is 9.95. The molecule has 0 spiro atoms. The van der Waals surface area contributed by atoms with Gasteiger partial charge >= 0.3 is 0 Å². The van der Waals surface area contributed by atoms with Gasteiger partial charge in [0.15, 0.2) is 0 Å². The predicted octanol–water partition coefficient (Wildman–Crippen LogP) is 4.29. The molecular formula is C24H24N2O4S2. The topological polar surface area (TPSA) is 74.8 Å². The monoisotopic (exact) mass is 468 g/mol. The van der Waals surface area contributed by atoms with Crippen molar-refractivity contribution >= 4 is 50.7 Å². The molecule has 6 nitrogen and oxygen atoms in total. The molecule has 0 aliphatic heterocycles. The third-order valence-electron chi connectivity index (χ3n) is 5.51. The van der Waals surface area contributed by atoms with Crippen molar-refractivity contribution in [1.29, 1.82) is 0 Å². The van der Waals surface area contributed by atoms with Crippen molar-refractivity contribution in [3.05, 3.63) is 72.8 Å². The molecule has 0 heterocycles. The highest BCUT2D eigenvalue weighted by Crippen LogP contribution is 2.37. The zero-order chi connectivity index (χ0) is 23.3. The van der Waals surface area contributed by atoms with Gasteiger partial charge in [0, 0.05) is 61.1 Å². The van der Waals surface area contributed by atoms with Crippen LogP contribution >= 0.6 is 0 Å². The molecule has 0 unspecified atom stereocenters. The zero-order valence-corrected chi connectivity index (χ0v) is 19.9. The third-order valence-corrected chi connectivity index (χ3v) is 10.7. The molecule has 0 N–H and O–H groups in total. The molecule has 32 heavy (non-hydrogen) atoms. The first-order valence-corrected chi connectivity index (χ1v) is 13.4. The molecule has 0 aliphatic carbocycles. The quantitative estimate of drug-likeness (QED) is 0.407. The lowest BCUT2D eigenvalue weighted by Crippen LogP contribution is -2.17. The van der Waals surface area contributed by atoms with Gasteiger partial charge in [-0.25, -0.2) is 16.8 Å². The molecule has 0 saturated heterocycles. The first kappa shape index (κ1) is 22.1. The van der Waals surface area contributed by atoms with Gasteiger partial charge in [0.25, 0.3) is 17.7 Å². The summed E-state index contributed by atoms with van der Waals surface area (Å²) in [4.78, 5) is 3.28. The maximum Gasteiger partial charge on any atom is 0.287 e. The molecule has 0 aromatic heterocycles. The fraction of sp³-hybridized carbons (Fsp3) is 0.167. The van der Waals surface area contributed by atoms with Crippen molar-refractivity contribution in [1.82, 2.24) is 0 Å². The minimum absolute atomic E-state index is 0.223. The second-order valence-corrected chi connectivity index (χ2v) is 13.3. The lowest BCUT2D eigenvalue weighted by Gasteiger charge is -2.18. The Morgan fingerprint density at radius 3 is 1.12 bits per heavy atom. The Hall–Kier alpha value is -3.10. The molecule has 4 aromatic carbocycles. The average molecular weight is 469 g/mol. The molecule has 166 valence electrons. The summed E-state index contributed by atoms with van der Waals surface area (Å²) >= 11 is 0. The summed E-state index contributed by atoms with van der Waals surface area (Å²) in [6.45, 7) is 0.